The maximum Gasteiger partial charge on any atom is 0.243 e. The van der Waals surface area contributed by atoms with E-state index in [0.717, 1.165) is 37.6 Å². The van der Waals surface area contributed by atoms with Crippen LogP contribution in [-0.2, 0) is 25.5 Å². The largest absolute Gasteiger partial charge is 0.378 e. The fourth-order valence-corrected chi connectivity index (χ4v) is 3.30. The molecule has 0 atom stereocenters. The van der Waals surface area contributed by atoms with Crippen molar-refractivity contribution in [2.45, 2.75) is 13.3 Å². The molecule has 1 saturated heterocycles. The maximum absolute atomic E-state index is 12.4. The third-order valence-electron chi connectivity index (χ3n) is 4.96. The number of morpholine rings is 1. The highest BCUT2D eigenvalue weighted by Crippen LogP contribution is 2.19. The van der Waals surface area contributed by atoms with Gasteiger partial charge in [0.05, 0.1) is 26.2 Å². The van der Waals surface area contributed by atoms with Crippen molar-refractivity contribution in [3.63, 3.8) is 0 Å². The van der Waals surface area contributed by atoms with Crippen LogP contribution in [-0.4, -0.2) is 62.5 Å². The average Bonchev–Trinajstić information content (AvgIpc) is 2.76. The van der Waals surface area contributed by atoms with Gasteiger partial charge in [-0.25, -0.2) is 0 Å². The molecule has 3 amide bonds. The molecule has 1 aliphatic heterocycles. The molecule has 1 aliphatic rings. The maximum atomic E-state index is 12.4. The van der Waals surface area contributed by atoms with Gasteiger partial charge in [0, 0.05) is 44.1 Å². The highest BCUT2D eigenvalue weighted by Gasteiger charge is 2.15. The van der Waals surface area contributed by atoms with Crippen LogP contribution < -0.4 is 15.5 Å². The summed E-state index contributed by atoms with van der Waals surface area (Å²) in [4.78, 5) is 39.5. The number of benzene rings is 2. The summed E-state index contributed by atoms with van der Waals surface area (Å²) in [5.41, 5.74) is 3.27. The number of hydrogen-bond donors (Lipinski definition) is 2. The predicted octanol–water partition coefficient (Wildman–Crippen LogP) is 2.12. The van der Waals surface area contributed by atoms with E-state index in [4.69, 9.17) is 4.74 Å². The summed E-state index contributed by atoms with van der Waals surface area (Å²) in [6, 6.07) is 14.7. The molecule has 0 aromatic heterocycles. The van der Waals surface area contributed by atoms with Crippen LogP contribution in [0.1, 0.15) is 12.5 Å². The molecule has 1 fully saturated rings. The Morgan fingerprint density at radius 1 is 0.935 bits per heavy atom. The highest BCUT2D eigenvalue weighted by molar-refractivity contribution is 5.95. The zero-order chi connectivity index (χ0) is 22.2. The van der Waals surface area contributed by atoms with Crippen LogP contribution in [0.15, 0.2) is 48.5 Å². The molecule has 164 valence electrons. The van der Waals surface area contributed by atoms with Crippen molar-refractivity contribution >= 4 is 34.8 Å². The molecule has 0 bridgehead atoms. The molecule has 3 rings (SSSR count). The molecule has 0 spiro atoms. The third kappa shape index (κ3) is 6.82. The Balaban J connectivity index is 1.47. The molecule has 8 heteroatoms. The van der Waals surface area contributed by atoms with Crippen LogP contribution in [0.25, 0.3) is 0 Å². The van der Waals surface area contributed by atoms with E-state index in [2.05, 4.69) is 15.5 Å². The minimum Gasteiger partial charge on any atom is -0.378 e. The second-order valence-corrected chi connectivity index (χ2v) is 7.50. The molecular formula is C23H28N4O4. The highest BCUT2D eigenvalue weighted by atomic mass is 16.5. The van der Waals surface area contributed by atoms with Crippen LogP contribution >= 0.6 is 0 Å². The number of carbonyl (C=O) groups is 3. The van der Waals surface area contributed by atoms with Gasteiger partial charge < -0.3 is 25.2 Å². The Hall–Kier alpha value is -3.39. The monoisotopic (exact) mass is 424 g/mol. The number of ether oxygens (including phenoxy) is 1. The lowest BCUT2D eigenvalue weighted by atomic mass is 10.1. The minimum absolute atomic E-state index is 0.0337. The van der Waals surface area contributed by atoms with Gasteiger partial charge in [-0.3, -0.25) is 14.4 Å². The van der Waals surface area contributed by atoms with Crippen LogP contribution in [0.2, 0.25) is 0 Å². The summed E-state index contributed by atoms with van der Waals surface area (Å²) in [7, 11) is 1.61. The molecule has 2 aromatic rings. The summed E-state index contributed by atoms with van der Waals surface area (Å²) in [6.07, 6.45) is 0.179. The SMILES string of the molecule is CC(=O)Nc1ccc(CC(=O)N(C)CC(=O)Nc2ccc(N3CCOCC3)cc2)cc1. The lowest BCUT2D eigenvalue weighted by Crippen LogP contribution is -2.36. The summed E-state index contributed by atoms with van der Waals surface area (Å²) >= 11 is 0. The van der Waals surface area contributed by atoms with Gasteiger partial charge in [-0.15, -0.1) is 0 Å². The van der Waals surface area contributed by atoms with Crippen molar-refractivity contribution in [2.75, 3.05) is 55.4 Å². The molecule has 8 nitrogen and oxygen atoms in total. The average molecular weight is 425 g/mol. The lowest BCUT2D eigenvalue weighted by molar-refractivity contribution is -0.132. The van der Waals surface area contributed by atoms with Crippen molar-refractivity contribution < 1.29 is 19.1 Å². The van der Waals surface area contributed by atoms with E-state index in [9.17, 15) is 14.4 Å². The van der Waals surface area contributed by atoms with E-state index >= 15 is 0 Å². The first-order valence-electron chi connectivity index (χ1n) is 10.2. The van der Waals surface area contributed by atoms with E-state index in [1.165, 1.54) is 11.8 Å². The number of nitrogens with zero attached hydrogens (tertiary/aromatic N) is 2. The van der Waals surface area contributed by atoms with Crippen LogP contribution in [0.5, 0.6) is 0 Å². The van der Waals surface area contributed by atoms with E-state index in [1.807, 2.05) is 24.3 Å². The Labute approximate surface area is 182 Å². The number of nitrogens with one attached hydrogen (secondary N) is 2. The Bertz CT molecular complexity index is 906. The second kappa shape index (κ2) is 10.6. The number of amides is 3. The Morgan fingerprint density at radius 3 is 2.13 bits per heavy atom. The fourth-order valence-electron chi connectivity index (χ4n) is 3.30. The van der Waals surface area contributed by atoms with Gasteiger partial charge in [0.1, 0.15) is 0 Å². The summed E-state index contributed by atoms with van der Waals surface area (Å²) in [5, 5.41) is 5.52. The number of carbonyl (C=O) groups excluding carboxylic acids is 3. The van der Waals surface area contributed by atoms with E-state index in [0.29, 0.717) is 11.4 Å². The van der Waals surface area contributed by atoms with Gasteiger partial charge in [0.25, 0.3) is 0 Å². The Kier molecular flexibility index (Phi) is 7.61. The van der Waals surface area contributed by atoms with Gasteiger partial charge in [-0.1, -0.05) is 12.1 Å². The van der Waals surface area contributed by atoms with Crippen LogP contribution in [0, 0.1) is 0 Å². The molecule has 0 radical (unpaired) electrons. The van der Waals surface area contributed by atoms with Crippen molar-refractivity contribution in [2.24, 2.45) is 0 Å². The normalized spacial score (nSPS) is 13.4. The first kappa shape index (κ1) is 22.3. The summed E-state index contributed by atoms with van der Waals surface area (Å²) in [5.74, 6) is -0.564. The fraction of sp³-hybridized carbons (Fsp3) is 0.348. The van der Waals surface area contributed by atoms with Gasteiger partial charge in [-0.05, 0) is 42.0 Å². The van der Waals surface area contributed by atoms with Crippen molar-refractivity contribution in [3.8, 4) is 0 Å². The van der Waals surface area contributed by atoms with E-state index in [1.54, 1.807) is 31.3 Å². The molecule has 0 saturated carbocycles. The van der Waals surface area contributed by atoms with Crippen LogP contribution in [0.4, 0.5) is 17.1 Å². The summed E-state index contributed by atoms with van der Waals surface area (Å²) in [6.45, 7) is 4.56. The van der Waals surface area contributed by atoms with Crippen molar-refractivity contribution in [1.29, 1.82) is 0 Å². The van der Waals surface area contributed by atoms with Gasteiger partial charge in [0.15, 0.2) is 0 Å². The molecule has 2 N–H and O–H groups in total. The zero-order valence-corrected chi connectivity index (χ0v) is 17.9. The zero-order valence-electron chi connectivity index (χ0n) is 17.9. The lowest BCUT2D eigenvalue weighted by Gasteiger charge is -2.28. The first-order chi connectivity index (χ1) is 14.9. The van der Waals surface area contributed by atoms with E-state index in [-0.39, 0.29) is 30.7 Å². The molecule has 0 aliphatic carbocycles. The van der Waals surface area contributed by atoms with Gasteiger partial charge in [-0.2, -0.15) is 0 Å². The van der Waals surface area contributed by atoms with E-state index < -0.39 is 0 Å². The molecule has 0 unspecified atom stereocenters. The van der Waals surface area contributed by atoms with Crippen molar-refractivity contribution in [1.82, 2.24) is 4.90 Å². The second-order valence-electron chi connectivity index (χ2n) is 7.50. The molecule has 2 aromatic carbocycles. The molecule has 1 heterocycles. The predicted molar refractivity (Wildman–Crippen MR) is 120 cm³/mol. The third-order valence-corrected chi connectivity index (χ3v) is 4.96. The molecular weight excluding hydrogens is 396 g/mol. The smallest absolute Gasteiger partial charge is 0.243 e. The number of hydrogen-bond acceptors (Lipinski definition) is 5. The number of anilines is 3. The van der Waals surface area contributed by atoms with Gasteiger partial charge >= 0.3 is 0 Å². The first-order valence-corrected chi connectivity index (χ1v) is 10.2. The molecule has 31 heavy (non-hydrogen) atoms. The van der Waals surface area contributed by atoms with Crippen molar-refractivity contribution in [3.05, 3.63) is 54.1 Å². The quantitative estimate of drug-likeness (QED) is 0.711. The summed E-state index contributed by atoms with van der Waals surface area (Å²) < 4.78 is 5.36. The number of likely N-dealkylation sites (N-methyl/N-ethyl adjacent to an activating group) is 1. The number of rotatable bonds is 7. The minimum atomic E-state index is -0.254. The van der Waals surface area contributed by atoms with Gasteiger partial charge in [0.2, 0.25) is 17.7 Å². The standard InChI is InChI=1S/C23H28N4O4/c1-17(28)24-19-5-3-18(4-6-19)15-23(30)26(2)16-22(29)25-20-7-9-21(10-8-20)27-11-13-31-14-12-27/h3-10H,11-16H2,1-2H3,(H,24,28)(H,25,29). The topological polar surface area (TPSA) is 91.0 Å². The Morgan fingerprint density at radius 2 is 1.52 bits per heavy atom. The van der Waals surface area contributed by atoms with Crippen LogP contribution in [0.3, 0.4) is 0 Å².